The van der Waals surface area contributed by atoms with E-state index in [2.05, 4.69) is 10.4 Å². The Morgan fingerprint density at radius 2 is 1.89 bits per heavy atom. The van der Waals surface area contributed by atoms with Crippen LogP contribution in [-0.4, -0.2) is 42.4 Å². The first-order valence-electron chi connectivity index (χ1n) is 6.63. The summed E-state index contributed by atoms with van der Waals surface area (Å²) in [6, 6.07) is 0.0344. The molecular weight excluding hydrogens is 266 g/mol. The maximum absolute atomic E-state index is 6.28. The number of halogens is 1. The van der Waals surface area contributed by atoms with Gasteiger partial charge in [-0.1, -0.05) is 11.6 Å². The van der Waals surface area contributed by atoms with Crippen LogP contribution in [0.5, 0.6) is 0 Å². The first-order valence-corrected chi connectivity index (χ1v) is 7.01. The third-order valence-corrected chi connectivity index (χ3v) is 3.53. The standard InChI is InChI=1S/C13H24ClN3O2/c1-6-18-13(19-7-2)10(15-4)8-11-12(14)9(3)16-17(11)5/h10,13,15H,6-8H2,1-5H3. The minimum Gasteiger partial charge on any atom is -0.351 e. The van der Waals surface area contributed by atoms with Crippen LogP contribution in [0, 0.1) is 6.92 Å². The summed E-state index contributed by atoms with van der Waals surface area (Å²) in [5.74, 6) is 0. The normalized spacial score (nSPS) is 13.2. The van der Waals surface area contributed by atoms with Crippen molar-refractivity contribution in [2.75, 3.05) is 20.3 Å². The van der Waals surface area contributed by atoms with Crippen LogP contribution in [0.4, 0.5) is 0 Å². The highest BCUT2D eigenvalue weighted by Crippen LogP contribution is 2.22. The van der Waals surface area contributed by atoms with Gasteiger partial charge in [-0.25, -0.2) is 0 Å². The van der Waals surface area contributed by atoms with Gasteiger partial charge in [0.2, 0.25) is 0 Å². The van der Waals surface area contributed by atoms with Gasteiger partial charge in [-0.15, -0.1) is 0 Å². The molecule has 1 aromatic heterocycles. The summed E-state index contributed by atoms with van der Waals surface area (Å²) in [6.07, 6.45) is 0.420. The van der Waals surface area contributed by atoms with Crippen molar-refractivity contribution in [2.45, 2.75) is 39.5 Å². The van der Waals surface area contributed by atoms with Crippen LogP contribution in [0.15, 0.2) is 0 Å². The number of rotatable bonds is 8. The Balaban J connectivity index is 2.84. The highest BCUT2D eigenvalue weighted by Gasteiger charge is 2.24. The van der Waals surface area contributed by atoms with Gasteiger partial charge in [0.15, 0.2) is 6.29 Å². The first kappa shape index (κ1) is 16.4. The molecule has 0 spiro atoms. The third-order valence-electron chi connectivity index (χ3n) is 3.04. The van der Waals surface area contributed by atoms with Crippen molar-refractivity contribution in [1.29, 1.82) is 0 Å². The molecular formula is C13H24ClN3O2. The lowest BCUT2D eigenvalue weighted by Crippen LogP contribution is -2.43. The lowest BCUT2D eigenvalue weighted by Gasteiger charge is -2.26. The molecule has 0 aromatic carbocycles. The Morgan fingerprint density at radius 3 is 2.26 bits per heavy atom. The first-order chi connectivity index (χ1) is 9.04. The van der Waals surface area contributed by atoms with Gasteiger partial charge >= 0.3 is 0 Å². The zero-order valence-corrected chi connectivity index (χ0v) is 13.1. The summed E-state index contributed by atoms with van der Waals surface area (Å²) in [4.78, 5) is 0. The molecule has 0 radical (unpaired) electrons. The van der Waals surface area contributed by atoms with E-state index in [0.29, 0.717) is 19.6 Å². The van der Waals surface area contributed by atoms with E-state index < -0.39 is 0 Å². The van der Waals surface area contributed by atoms with Crippen LogP contribution in [0.25, 0.3) is 0 Å². The molecule has 0 aliphatic rings. The molecule has 0 fully saturated rings. The average molecular weight is 290 g/mol. The molecule has 5 nitrogen and oxygen atoms in total. The van der Waals surface area contributed by atoms with E-state index in [1.54, 1.807) is 0 Å². The molecule has 110 valence electrons. The van der Waals surface area contributed by atoms with Crippen molar-refractivity contribution in [3.8, 4) is 0 Å². The Hall–Kier alpha value is -0.620. The molecule has 19 heavy (non-hydrogen) atoms. The smallest absolute Gasteiger partial charge is 0.173 e. The van der Waals surface area contributed by atoms with Crippen LogP contribution in [0.3, 0.4) is 0 Å². The number of aryl methyl sites for hydroxylation is 2. The quantitative estimate of drug-likeness (QED) is 0.743. The lowest BCUT2D eigenvalue weighted by atomic mass is 10.1. The molecule has 1 unspecified atom stereocenters. The van der Waals surface area contributed by atoms with Crippen LogP contribution in [0.1, 0.15) is 25.2 Å². The number of ether oxygens (including phenoxy) is 2. The number of aromatic nitrogens is 2. The molecule has 6 heteroatoms. The van der Waals surface area contributed by atoms with Crippen molar-refractivity contribution in [2.24, 2.45) is 7.05 Å². The fraction of sp³-hybridized carbons (Fsp3) is 0.769. The van der Waals surface area contributed by atoms with E-state index in [1.165, 1.54) is 0 Å². The topological polar surface area (TPSA) is 48.3 Å². The van der Waals surface area contributed by atoms with Crippen molar-refractivity contribution in [1.82, 2.24) is 15.1 Å². The van der Waals surface area contributed by atoms with E-state index in [9.17, 15) is 0 Å². The highest BCUT2D eigenvalue weighted by molar-refractivity contribution is 6.31. The SMILES string of the molecule is CCOC(OCC)C(Cc1c(Cl)c(C)nn1C)NC. The molecule has 1 aromatic rings. The number of nitrogens with zero attached hydrogens (tertiary/aromatic N) is 2. The van der Waals surface area contributed by atoms with Gasteiger partial charge in [0.1, 0.15) is 0 Å². The number of likely N-dealkylation sites (N-methyl/N-ethyl adjacent to an activating group) is 1. The van der Waals surface area contributed by atoms with Crippen molar-refractivity contribution >= 4 is 11.6 Å². The maximum atomic E-state index is 6.28. The molecule has 0 amide bonds. The van der Waals surface area contributed by atoms with Gasteiger partial charge in [0, 0.05) is 26.7 Å². The van der Waals surface area contributed by atoms with Crippen molar-refractivity contribution < 1.29 is 9.47 Å². The third kappa shape index (κ3) is 4.18. The van der Waals surface area contributed by atoms with Gasteiger partial charge in [-0.2, -0.15) is 5.10 Å². The summed E-state index contributed by atoms with van der Waals surface area (Å²) in [7, 11) is 3.80. The number of hydrogen-bond acceptors (Lipinski definition) is 4. The Kier molecular flexibility index (Phi) is 6.79. The average Bonchev–Trinajstić information content (AvgIpc) is 2.61. The molecule has 0 bridgehead atoms. The predicted molar refractivity (Wildman–Crippen MR) is 76.5 cm³/mol. The second-order valence-corrected chi connectivity index (χ2v) is 4.73. The van der Waals surface area contributed by atoms with Crippen molar-refractivity contribution in [3.05, 3.63) is 16.4 Å². The van der Waals surface area contributed by atoms with E-state index in [0.717, 1.165) is 16.4 Å². The van der Waals surface area contributed by atoms with E-state index in [-0.39, 0.29) is 12.3 Å². The van der Waals surface area contributed by atoms with Gasteiger partial charge in [0.05, 0.1) is 22.5 Å². The monoisotopic (exact) mass is 289 g/mol. The molecule has 0 aliphatic heterocycles. The maximum Gasteiger partial charge on any atom is 0.173 e. The van der Waals surface area contributed by atoms with E-state index >= 15 is 0 Å². The Bertz CT molecular complexity index is 389. The van der Waals surface area contributed by atoms with Crippen LogP contribution in [0.2, 0.25) is 5.02 Å². The van der Waals surface area contributed by atoms with Gasteiger partial charge in [-0.05, 0) is 27.8 Å². The lowest BCUT2D eigenvalue weighted by molar-refractivity contribution is -0.153. The van der Waals surface area contributed by atoms with E-state index in [4.69, 9.17) is 21.1 Å². The molecule has 0 saturated heterocycles. The second kappa shape index (κ2) is 7.85. The van der Waals surface area contributed by atoms with Crippen LogP contribution in [-0.2, 0) is 22.9 Å². The molecule has 1 heterocycles. The summed E-state index contributed by atoms with van der Waals surface area (Å²) in [5.41, 5.74) is 1.83. The summed E-state index contributed by atoms with van der Waals surface area (Å²) in [5, 5.41) is 8.28. The Labute approximate surface area is 120 Å². The minimum absolute atomic E-state index is 0.0344. The molecule has 1 atom stereocenters. The van der Waals surface area contributed by atoms with Gasteiger partial charge < -0.3 is 14.8 Å². The number of hydrogen-bond donors (Lipinski definition) is 1. The Morgan fingerprint density at radius 1 is 1.32 bits per heavy atom. The van der Waals surface area contributed by atoms with E-state index in [1.807, 2.05) is 39.5 Å². The van der Waals surface area contributed by atoms with Gasteiger partial charge in [0.25, 0.3) is 0 Å². The van der Waals surface area contributed by atoms with Crippen molar-refractivity contribution in [3.63, 3.8) is 0 Å². The number of nitrogens with one attached hydrogen (secondary N) is 1. The predicted octanol–water partition coefficient (Wildman–Crippen LogP) is 1.91. The summed E-state index contributed by atoms with van der Waals surface area (Å²) < 4.78 is 13.1. The fourth-order valence-electron chi connectivity index (χ4n) is 2.05. The van der Waals surface area contributed by atoms with Crippen LogP contribution >= 0.6 is 11.6 Å². The zero-order valence-electron chi connectivity index (χ0n) is 12.4. The summed E-state index contributed by atoms with van der Waals surface area (Å²) >= 11 is 6.28. The van der Waals surface area contributed by atoms with Gasteiger partial charge in [-0.3, -0.25) is 4.68 Å². The minimum atomic E-state index is -0.286. The molecule has 0 saturated carbocycles. The zero-order chi connectivity index (χ0) is 14.4. The second-order valence-electron chi connectivity index (χ2n) is 4.35. The largest absolute Gasteiger partial charge is 0.351 e. The fourth-order valence-corrected chi connectivity index (χ4v) is 2.29. The van der Waals surface area contributed by atoms with Crippen LogP contribution < -0.4 is 5.32 Å². The molecule has 0 aliphatic carbocycles. The summed E-state index contributed by atoms with van der Waals surface area (Å²) in [6.45, 7) is 7.05. The highest BCUT2D eigenvalue weighted by atomic mass is 35.5. The molecule has 1 N–H and O–H groups in total. The molecule has 1 rings (SSSR count).